The molecule has 4 heteroatoms. The Bertz CT molecular complexity index is 445. The van der Waals surface area contributed by atoms with Crippen LogP contribution >= 0.6 is 0 Å². The highest BCUT2D eigenvalue weighted by atomic mass is 16.3. The molecule has 0 saturated heterocycles. The van der Waals surface area contributed by atoms with Crippen LogP contribution < -0.4 is 11.1 Å². The third-order valence-corrected chi connectivity index (χ3v) is 3.64. The lowest BCUT2D eigenvalue weighted by Crippen LogP contribution is -2.36. The van der Waals surface area contributed by atoms with Gasteiger partial charge in [0, 0.05) is 12.6 Å². The Labute approximate surface area is 107 Å². The molecule has 2 rings (SSSR count). The fourth-order valence-corrected chi connectivity index (χ4v) is 2.47. The Balaban J connectivity index is 1.95. The smallest absolute Gasteiger partial charge is 0.255 e. The van der Waals surface area contributed by atoms with E-state index in [-0.39, 0.29) is 17.7 Å². The second-order valence-electron chi connectivity index (χ2n) is 5.09. The average molecular weight is 248 g/mol. The van der Waals surface area contributed by atoms with Crippen molar-refractivity contribution in [2.45, 2.75) is 32.2 Å². The number of carbonyl (C=O) groups excluding carboxylic acids is 1. The van der Waals surface area contributed by atoms with E-state index in [1.807, 2.05) is 13.0 Å². The maximum absolute atomic E-state index is 11.9. The molecular formula is C14H20N2O2. The molecule has 4 N–H and O–H groups in total. The first-order chi connectivity index (χ1) is 8.58. The molecule has 4 nitrogen and oxygen atoms in total. The van der Waals surface area contributed by atoms with Crippen LogP contribution in [0.25, 0.3) is 0 Å². The monoisotopic (exact) mass is 248 g/mol. The van der Waals surface area contributed by atoms with Crippen LogP contribution in [0.5, 0.6) is 5.75 Å². The van der Waals surface area contributed by atoms with Gasteiger partial charge in [0.2, 0.25) is 0 Å². The summed E-state index contributed by atoms with van der Waals surface area (Å²) in [6, 6.07) is 5.25. The number of phenols is 1. The summed E-state index contributed by atoms with van der Waals surface area (Å²) in [7, 11) is 0. The zero-order valence-corrected chi connectivity index (χ0v) is 10.6. The van der Waals surface area contributed by atoms with Crippen molar-refractivity contribution >= 4 is 5.91 Å². The number of aryl methyl sites for hydroxylation is 1. The Hall–Kier alpha value is -1.55. The number of aromatic hydroxyl groups is 1. The first-order valence-corrected chi connectivity index (χ1v) is 6.41. The molecule has 1 aromatic rings. The van der Waals surface area contributed by atoms with E-state index < -0.39 is 0 Å². The Morgan fingerprint density at radius 2 is 2.28 bits per heavy atom. The van der Waals surface area contributed by atoms with Gasteiger partial charge in [-0.3, -0.25) is 4.79 Å². The summed E-state index contributed by atoms with van der Waals surface area (Å²) in [6.45, 7) is 2.46. The van der Waals surface area contributed by atoms with Gasteiger partial charge in [-0.05, 0) is 43.4 Å². The average Bonchev–Trinajstić information content (AvgIpc) is 2.72. The van der Waals surface area contributed by atoms with E-state index in [2.05, 4.69) is 5.32 Å². The lowest BCUT2D eigenvalue weighted by molar-refractivity contribution is 0.0944. The van der Waals surface area contributed by atoms with Crippen LogP contribution in [0.1, 0.15) is 35.2 Å². The van der Waals surface area contributed by atoms with E-state index in [1.54, 1.807) is 12.1 Å². The fourth-order valence-electron chi connectivity index (χ4n) is 2.47. The van der Waals surface area contributed by atoms with E-state index >= 15 is 0 Å². The SMILES string of the molecule is Cc1ccc(C(=O)NCC2CCCC2N)c(O)c1. The number of hydrogen-bond acceptors (Lipinski definition) is 3. The summed E-state index contributed by atoms with van der Waals surface area (Å²) in [5.41, 5.74) is 7.21. The number of phenolic OH excluding ortho intramolecular Hbond substituents is 1. The molecule has 0 aromatic heterocycles. The van der Waals surface area contributed by atoms with Crippen LogP contribution in [-0.4, -0.2) is 23.6 Å². The van der Waals surface area contributed by atoms with Crippen molar-refractivity contribution in [2.24, 2.45) is 11.7 Å². The van der Waals surface area contributed by atoms with Crippen molar-refractivity contribution in [1.82, 2.24) is 5.32 Å². The third-order valence-electron chi connectivity index (χ3n) is 3.64. The van der Waals surface area contributed by atoms with Crippen LogP contribution in [0.15, 0.2) is 18.2 Å². The molecule has 0 aliphatic heterocycles. The van der Waals surface area contributed by atoms with Crippen molar-refractivity contribution < 1.29 is 9.90 Å². The van der Waals surface area contributed by atoms with Gasteiger partial charge in [-0.15, -0.1) is 0 Å². The van der Waals surface area contributed by atoms with Crippen molar-refractivity contribution in [3.05, 3.63) is 29.3 Å². The highest BCUT2D eigenvalue weighted by Crippen LogP contribution is 2.23. The molecule has 0 bridgehead atoms. The summed E-state index contributed by atoms with van der Waals surface area (Å²) in [5.74, 6) is 0.163. The summed E-state index contributed by atoms with van der Waals surface area (Å²) in [4.78, 5) is 11.9. The molecule has 2 unspecified atom stereocenters. The van der Waals surface area contributed by atoms with Gasteiger partial charge in [0.15, 0.2) is 0 Å². The first kappa shape index (κ1) is 12.9. The molecule has 0 heterocycles. The number of carbonyl (C=O) groups is 1. The molecule has 2 atom stereocenters. The largest absolute Gasteiger partial charge is 0.507 e. The third kappa shape index (κ3) is 2.82. The maximum atomic E-state index is 11.9. The van der Waals surface area contributed by atoms with Gasteiger partial charge in [-0.1, -0.05) is 12.5 Å². The van der Waals surface area contributed by atoms with Gasteiger partial charge < -0.3 is 16.2 Å². The summed E-state index contributed by atoms with van der Waals surface area (Å²) in [5, 5.41) is 12.6. The second kappa shape index (κ2) is 5.40. The molecule has 0 radical (unpaired) electrons. The molecule has 1 amide bonds. The molecule has 0 spiro atoms. The van der Waals surface area contributed by atoms with E-state index in [9.17, 15) is 9.90 Å². The number of amides is 1. The number of benzene rings is 1. The zero-order chi connectivity index (χ0) is 13.1. The Kier molecular flexibility index (Phi) is 3.87. The molecule has 18 heavy (non-hydrogen) atoms. The summed E-state index contributed by atoms with van der Waals surface area (Å²) < 4.78 is 0. The van der Waals surface area contributed by atoms with Gasteiger partial charge in [-0.25, -0.2) is 0 Å². The van der Waals surface area contributed by atoms with E-state index in [0.717, 1.165) is 24.8 Å². The van der Waals surface area contributed by atoms with Gasteiger partial charge in [-0.2, -0.15) is 0 Å². The predicted octanol–water partition coefficient (Wildman–Crippen LogP) is 1.56. The predicted molar refractivity (Wildman–Crippen MR) is 70.5 cm³/mol. The van der Waals surface area contributed by atoms with Crippen LogP contribution in [-0.2, 0) is 0 Å². The van der Waals surface area contributed by atoms with Gasteiger partial charge in [0.25, 0.3) is 5.91 Å². The minimum absolute atomic E-state index is 0.0308. The van der Waals surface area contributed by atoms with E-state index in [0.29, 0.717) is 18.0 Å². The van der Waals surface area contributed by atoms with E-state index in [4.69, 9.17) is 5.73 Å². The second-order valence-corrected chi connectivity index (χ2v) is 5.09. The maximum Gasteiger partial charge on any atom is 0.255 e. The standard InChI is InChI=1S/C14H20N2O2/c1-9-5-6-11(13(17)7-9)14(18)16-8-10-3-2-4-12(10)15/h5-7,10,12,17H,2-4,8,15H2,1H3,(H,16,18). The van der Waals surface area contributed by atoms with Crippen LogP contribution in [0, 0.1) is 12.8 Å². The Morgan fingerprint density at radius 3 is 2.89 bits per heavy atom. The minimum Gasteiger partial charge on any atom is -0.507 e. The highest BCUT2D eigenvalue weighted by Gasteiger charge is 2.24. The highest BCUT2D eigenvalue weighted by molar-refractivity contribution is 5.96. The molecule has 1 aliphatic carbocycles. The lowest BCUT2D eigenvalue weighted by atomic mass is 10.0. The number of nitrogens with two attached hydrogens (primary N) is 1. The topological polar surface area (TPSA) is 75.4 Å². The van der Waals surface area contributed by atoms with E-state index in [1.165, 1.54) is 0 Å². The minimum atomic E-state index is -0.230. The van der Waals surface area contributed by atoms with Gasteiger partial charge in [0.05, 0.1) is 5.56 Å². The molecular weight excluding hydrogens is 228 g/mol. The number of hydrogen-bond donors (Lipinski definition) is 3. The lowest BCUT2D eigenvalue weighted by Gasteiger charge is -2.16. The number of rotatable bonds is 3. The van der Waals surface area contributed by atoms with Crippen molar-refractivity contribution in [3.63, 3.8) is 0 Å². The van der Waals surface area contributed by atoms with Gasteiger partial charge >= 0.3 is 0 Å². The van der Waals surface area contributed by atoms with Gasteiger partial charge in [0.1, 0.15) is 5.75 Å². The first-order valence-electron chi connectivity index (χ1n) is 6.41. The summed E-state index contributed by atoms with van der Waals surface area (Å²) >= 11 is 0. The molecule has 1 aromatic carbocycles. The van der Waals surface area contributed by atoms with Crippen molar-refractivity contribution in [1.29, 1.82) is 0 Å². The van der Waals surface area contributed by atoms with Crippen LogP contribution in [0.4, 0.5) is 0 Å². The normalized spacial score (nSPS) is 23.0. The zero-order valence-electron chi connectivity index (χ0n) is 10.6. The molecule has 98 valence electrons. The number of nitrogens with one attached hydrogen (secondary N) is 1. The fraction of sp³-hybridized carbons (Fsp3) is 0.500. The Morgan fingerprint density at radius 1 is 1.50 bits per heavy atom. The van der Waals surface area contributed by atoms with Crippen molar-refractivity contribution in [2.75, 3.05) is 6.54 Å². The van der Waals surface area contributed by atoms with Crippen LogP contribution in [0.3, 0.4) is 0 Å². The van der Waals surface area contributed by atoms with Crippen LogP contribution in [0.2, 0.25) is 0 Å². The summed E-state index contributed by atoms with van der Waals surface area (Å²) in [6.07, 6.45) is 3.25. The molecule has 1 aliphatic rings. The van der Waals surface area contributed by atoms with Crippen molar-refractivity contribution in [3.8, 4) is 5.75 Å². The quantitative estimate of drug-likeness (QED) is 0.759. The molecule has 1 saturated carbocycles. The molecule has 1 fully saturated rings.